The summed E-state index contributed by atoms with van der Waals surface area (Å²) in [5, 5.41) is 2.88. The summed E-state index contributed by atoms with van der Waals surface area (Å²) in [6, 6.07) is 14.9. The van der Waals surface area contributed by atoms with Crippen molar-refractivity contribution in [3.63, 3.8) is 0 Å². The van der Waals surface area contributed by atoms with Crippen LogP contribution in [0.25, 0.3) is 0 Å². The van der Waals surface area contributed by atoms with Crippen LogP contribution in [0.1, 0.15) is 53.6 Å². The molecule has 1 aliphatic carbocycles. The van der Waals surface area contributed by atoms with Gasteiger partial charge in [0.05, 0.1) is 13.7 Å². The SMILES string of the molecule is COc1ccc([C@@H]2CCN(CC3CC3)[C@H](C)[C@H]2COc2ccc3c(c2)C(=O)NC3)cc1. The van der Waals surface area contributed by atoms with Gasteiger partial charge in [-0.1, -0.05) is 18.2 Å². The van der Waals surface area contributed by atoms with Crippen molar-refractivity contribution in [1.29, 1.82) is 0 Å². The Kier molecular flexibility index (Phi) is 5.61. The molecule has 5 rings (SSSR count). The number of carbonyl (C=O) groups is 1. The van der Waals surface area contributed by atoms with Crippen molar-refractivity contribution in [2.24, 2.45) is 11.8 Å². The Morgan fingerprint density at radius 3 is 2.58 bits per heavy atom. The summed E-state index contributed by atoms with van der Waals surface area (Å²) >= 11 is 0. The van der Waals surface area contributed by atoms with E-state index in [1.54, 1.807) is 7.11 Å². The molecule has 1 N–H and O–H groups in total. The van der Waals surface area contributed by atoms with Crippen molar-refractivity contribution in [2.75, 3.05) is 26.8 Å². The van der Waals surface area contributed by atoms with Crippen LogP contribution in [0, 0.1) is 11.8 Å². The highest BCUT2D eigenvalue weighted by molar-refractivity contribution is 5.98. The first-order valence-corrected chi connectivity index (χ1v) is 11.5. The molecule has 2 aromatic rings. The predicted octanol–water partition coefficient (Wildman–Crippen LogP) is 4.22. The van der Waals surface area contributed by atoms with E-state index < -0.39 is 0 Å². The van der Waals surface area contributed by atoms with E-state index in [4.69, 9.17) is 9.47 Å². The fourth-order valence-electron chi connectivity index (χ4n) is 5.21. The van der Waals surface area contributed by atoms with Crippen LogP contribution in [0.5, 0.6) is 11.5 Å². The second-order valence-electron chi connectivity index (χ2n) is 9.32. The normalized spacial score (nSPS) is 25.7. The number of hydrogen-bond donors (Lipinski definition) is 1. The number of benzene rings is 2. The van der Waals surface area contributed by atoms with Gasteiger partial charge in [-0.15, -0.1) is 0 Å². The maximum absolute atomic E-state index is 12.0. The smallest absolute Gasteiger partial charge is 0.252 e. The van der Waals surface area contributed by atoms with Crippen molar-refractivity contribution in [2.45, 2.75) is 44.7 Å². The van der Waals surface area contributed by atoms with Crippen molar-refractivity contribution >= 4 is 5.91 Å². The predicted molar refractivity (Wildman–Crippen MR) is 121 cm³/mol. The molecule has 0 unspecified atom stereocenters. The molecule has 1 saturated heterocycles. The van der Waals surface area contributed by atoms with Crippen molar-refractivity contribution in [3.05, 3.63) is 59.2 Å². The van der Waals surface area contributed by atoms with E-state index in [9.17, 15) is 4.79 Å². The summed E-state index contributed by atoms with van der Waals surface area (Å²) < 4.78 is 11.7. The minimum atomic E-state index is -0.00166. The van der Waals surface area contributed by atoms with Crippen LogP contribution in [0.15, 0.2) is 42.5 Å². The van der Waals surface area contributed by atoms with E-state index in [-0.39, 0.29) is 5.91 Å². The molecule has 164 valence electrons. The van der Waals surface area contributed by atoms with E-state index >= 15 is 0 Å². The lowest BCUT2D eigenvalue weighted by Crippen LogP contribution is -2.49. The number of nitrogens with one attached hydrogen (secondary N) is 1. The minimum Gasteiger partial charge on any atom is -0.497 e. The zero-order valence-corrected chi connectivity index (χ0v) is 18.5. The van der Waals surface area contributed by atoms with Gasteiger partial charge in [0.15, 0.2) is 0 Å². The van der Waals surface area contributed by atoms with Crippen molar-refractivity contribution in [1.82, 2.24) is 10.2 Å². The Morgan fingerprint density at radius 2 is 1.84 bits per heavy atom. The maximum Gasteiger partial charge on any atom is 0.252 e. The number of piperidine rings is 1. The van der Waals surface area contributed by atoms with Gasteiger partial charge in [-0.3, -0.25) is 9.69 Å². The zero-order chi connectivity index (χ0) is 21.4. The molecule has 0 spiro atoms. The summed E-state index contributed by atoms with van der Waals surface area (Å²) in [6.45, 7) is 5.99. The number of carbonyl (C=O) groups excluding carboxylic acids is 1. The molecule has 5 nitrogen and oxygen atoms in total. The number of nitrogens with zero attached hydrogens (tertiary/aromatic N) is 1. The van der Waals surface area contributed by atoms with Crippen molar-refractivity contribution < 1.29 is 14.3 Å². The van der Waals surface area contributed by atoms with Crippen LogP contribution in [-0.4, -0.2) is 43.7 Å². The van der Waals surface area contributed by atoms with Gasteiger partial charge in [0.1, 0.15) is 11.5 Å². The van der Waals surface area contributed by atoms with E-state index in [1.165, 1.54) is 24.9 Å². The molecule has 2 aromatic carbocycles. The number of methoxy groups -OCH3 is 1. The maximum atomic E-state index is 12.0. The lowest BCUT2D eigenvalue weighted by atomic mass is 9.76. The molecular weight excluding hydrogens is 388 g/mol. The molecule has 2 fully saturated rings. The second-order valence-corrected chi connectivity index (χ2v) is 9.32. The number of amides is 1. The van der Waals surface area contributed by atoms with Crippen LogP contribution in [0.2, 0.25) is 0 Å². The van der Waals surface area contributed by atoms with E-state index in [1.807, 2.05) is 18.2 Å². The largest absolute Gasteiger partial charge is 0.497 e. The minimum absolute atomic E-state index is 0.00166. The molecule has 2 heterocycles. The second kappa shape index (κ2) is 8.54. The fraction of sp³-hybridized carbons (Fsp3) is 0.500. The Bertz CT molecular complexity index is 938. The zero-order valence-electron chi connectivity index (χ0n) is 18.5. The lowest BCUT2D eigenvalue weighted by molar-refractivity contribution is 0.0530. The molecule has 3 atom stereocenters. The monoisotopic (exact) mass is 420 g/mol. The number of rotatable bonds is 7. The third-order valence-corrected chi connectivity index (χ3v) is 7.38. The molecule has 0 aromatic heterocycles. The Labute approximate surface area is 184 Å². The molecule has 1 saturated carbocycles. The van der Waals surface area contributed by atoms with Crippen LogP contribution >= 0.6 is 0 Å². The van der Waals surface area contributed by atoms with Crippen LogP contribution in [0.3, 0.4) is 0 Å². The standard InChI is InChI=1S/C26H32N2O3/c1-17-25(16-31-22-10-7-20-14-27-26(29)24(20)13-22)23(11-12-28(17)15-18-3-4-18)19-5-8-21(30-2)9-6-19/h5-10,13,17-18,23,25H,3-4,11-12,14-16H2,1-2H3,(H,27,29)/t17-,23+,25-/m1/s1. The van der Waals surface area contributed by atoms with E-state index in [0.29, 0.717) is 31.0 Å². The van der Waals surface area contributed by atoms with Gasteiger partial charge in [0.2, 0.25) is 0 Å². The number of likely N-dealkylation sites (tertiary alicyclic amines) is 1. The van der Waals surface area contributed by atoms with Crippen LogP contribution < -0.4 is 14.8 Å². The first-order chi connectivity index (χ1) is 15.1. The summed E-state index contributed by atoms with van der Waals surface area (Å²) in [7, 11) is 1.71. The molecule has 1 amide bonds. The first kappa shape index (κ1) is 20.4. The van der Waals surface area contributed by atoms with Gasteiger partial charge in [-0.05, 0) is 80.0 Å². The van der Waals surface area contributed by atoms with Crippen molar-refractivity contribution in [3.8, 4) is 11.5 Å². The molecule has 3 aliphatic rings. The Hall–Kier alpha value is -2.53. The van der Waals surface area contributed by atoms with Gasteiger partial charge in [-0.2, -0.15) is 0 Å². The number of ether oxygens (including phenoxy) is 2. The summed E-state index contributed by atoms with van der Waals surface area (Å²) in [6.07, 6.45) is 3.90. The molecule has 2 aliphatic heterocycles. The highest BCUT2D eigenvalue weighted by atomic mass is 16.5. The molecule has 5 heteroatoms. The average Bonchev–Trinajstić information content (AvgIpc) is 3.55. The summed E-state index contributed by atoms with van der Waals surface area (Å²) in [5.74, 6) is 3.41. The van der Waals surface area contributed by atoms with Gasteiger partial charge < -0.3 is 14.8 Å². The Morgan fingerprint density at radius 1 is 1.06 bits per heavy atom. The first-order valence-electron chi connectivity index (χ1n) is 11.5. The molecular formula is C26H32N2O3. The van der Waals surface area contributed by atoms with Crippen LogP contribution in [0.4, 0.5) is 0 Å². The average molecular weight is 421 g/mol. The third-order valence-electron chi connectivity index (χ3n) is 7.38. The van der Waals surface area contributed by atoms with Gasteiger partial charge in [0, 0.05) is 30.6 Å². The highest BCUT2D eigenvalue weighted by Gasteiger charge is 2.38. The lowest BCUT2D eigenvalue weighted by Gasteiger charge is -2.44. The fourth-order valence-corrected chi connectivity index (χ4v) is 5.21. The topological polar surface area (TPSA) is 50.8 Å². The van der Waals surface area contributed by atoms with E-state index in [2.05, 4.69) is 41.4 Å². The van der Waals surface area contributed by atoms with Gasteiger partial charge in [0.25, 0.3) is 5.91 Å². The van der Waals surface area contributed by atoms with Gasteiger partial charge >= 0.3 is 0 Å². The van der Waals surface area contributed by atoms with E-state index in [0.717, 1.165) is 41.5 Å². The quantitative estimate of drug-likeness (QED) is 0.729. The molecule has 0 bridgehead atoms. The number of fused-ring (bicyclic) bond motifs is 1. The molecule has 31 heavy (non-hydrogen) atoms. The summed E-state index contributed by atoms with van der Waals surface area (Å²) in [4.78, 5) is 14.7. The van der Waals surface area contributed by atoms with Gasteiger partial charge in [-0.25, -0.2) is 0 Å². The number of hydrogen-bond acceptors (Lipinski definition) is 4. The Balaban J connectivity index is 1.35. The van der Waals surface area contributed by atoms with Crippen LogP contribution in [-0.2, 0) is 6.54 Å². The highest BCUT2D eigenvalue weighted by Crippen LogP contribution is 2.40. The molecule has 0 radical (unpaired) electrons. The third kappa shape index (κ3) is 4.29. The summed E-state index contributed by atoms with van der Waals surface area (Å²) in [5.41, 5.74) is 3.16.